The number of hydrogen-bond donors (Lipinski definition) is 1. The normalized spacial score (nSPS) is 11.9. The number of ether oxygens (including phenoxy) is 1. The Balaban J connectivity index is 1.89. The highest BCUT2D eigenvalue weighted by atomic mass is 32.2. The van der Waals surface area contributed by atoms with E-state index in [1.165, 1.54) is 49.6 Å². The van der Waals surface area contributed by atoms with E-state index in [-0.39, 0.29) is 21.9 Å². The summed E-state index contributed by atoms with van der Waals surface area (Å²) >= 11 is 0. The van der Waals surface area contributed by atoms with Crippen LogP contribution in [0.25, 0.3) is 0 Å². The molecule has 0 saturated heterocycles. The summed E-state index contributed by atoms with van der Waals surface area (Å²) in [4.78, 5) is 12.6. The van der Waals surface area contributed by atoms with Crippen LogP contribution in [0.3, 0.4) is 0 Å². The van der Waals surface area contributed by atoms with Gasteiger partial charge in [0.05, 0.1) is 29.5 Å². The quantitative estimate of drug-likeness (QED) is 0.364. The number of benzene rings is 3. The third-order valence-electron chi connectivity index (χ3n) is 4.91. The molecule has 0 saturated carbocycles. The van der Waals surface area contributed by atoms with E-state index in [4.69, 9.17) is 4.74 Å². The number of sulfonamides is 1. The first kappa shape index (κ1) is 25.8. The van der Waals surface area contributed by atoms with E-state index in [1.54, 1.807) is 31.2 Å². The zero-order valence-electron chi connectivity index (χ0n) is 18.8. The van der Waals surface area contributed by atoms with E-state index >= 15 is 0 Å². The number of rotatable bonds is 8. The predicted octanol–water partition coefficient (Wildman–Crippen LogP) is 4.37. The molecule has 0 spiro atoms. The van der Waals surface area contributed by atoms with E-state index in [0.29, 0.717) is 0 Å². The Bertz CT molecular complexity index is 1320. The van der Waals surface area contributed by atoms with E-state index in [2.05, 4.69) is 10.5 Å². The van der Waals surface area contributed by atoms with Crippen LogP contribution in [0.15, 0.2) is 82.8 Å². The summed E-state index contributed by atoms with van der Waals surface area (Å²) < 4.78 is 72.4. The molecule has 0 aliphatic heterocycles. The van der Waals surface area contributed by atoms with Crippen LogP contribution in [0.4, 0.5) is 18.9 Å². The third-order valence-corrected chi connectivity index (χ3v) is 6.68. The number of nitrogens with zero attached hydrogens (tertiary/aromatic N) is 2. The maximum atomic E-state index is 13.4. The first-order valence-electron chi connectivity index (χ1n) is 10.2. The van der Waals surface area contributed by atoms with Gasteiger partial charge in [0.25, 0.3) is 15.9 Å². The summed E-state index contributed by atoms with van der Waals surface area (Å²) in [5, 5.41) is 3.59. The van der Waals surface area contributed by atoms with Crippen LogP contribution < -0.4 is 14.5 Å². The van der Waals surface area contributed by atoms with E-state index in [1.807, 2.05) is 0 Å². The van der Waals surface area contributed by atoms with Crippen molar-refractivity contribution in [3.63, 3.8) is 0 Å². The standard InChI is InChI=1S/C24H22F3N3O4S/c1-17-11-13-19(14-12-17)35(32,33)30(21-9-5-6-10-22(21)34-2)16-23(31)29-28-15-18-7-3-4-8-20(18)24(25,26)27/h3-15H,16H2,1-2H3,(H,29,31)/b28-15-. The van der Waals surface area contributed by atoms with Gasteiger partial charge in [0.1, 0.15) is 12.3 Å². The van der Waals surface area contributed by atoms with Gasteiger partial charge in [0, 0.05) is 5.56 Å². The van der Waals surface area contributed by atoms with E-state index in [9.17, 15) is 26.4 Å². The highest BCUT2D eigenvalue weighted by Crippen LogP contribution is 2.32. The lowest BCUT2D eigenvalue weighted by molar-refractivity contribution is -0.137. The minimum Gasteiger partial charge on any atom is -0.495 e. The highest BCUT2D eigenvalue weighted by molar-refractivity contribution is 7.92. The second-order valence-corrected chi connectivity index (χ2v) is 9.24. The zero-order chi connectivity index (χ0) is 25.6. The number of carbonyl (C=O) groups is 1. The average molecular weight is 506 g/mol. The Hall–Kier alpha value is -3.86. The molecular formula is C24H22F3N3O4S. The summed E-state index contributed by atoms with van der Waals surface area (Å²) in [5.74, 6) is -0.661. The van der Waals surface area contributed by atoms with Crippen molar-refractivity contribution in [2.24, 2.45) is 5.10 Å². The number of anilines is 1. The van der Waals surface area contributed by atoms with Crippen LogP contribution in [0.5, 0.6) is 5.75 Å². The van der Waals surface area contributed by atoms with Gasteiger partial charge in [-0.25, -0.2) is 13.8 Å². The maximum absolute atomic E-state index is 13.4. The number of aryl methyl sites for hydroxylation is 1. The molecule has 0 fully saturated rings. The van der Waals surface area contributed by atoms with Gasteiger partial charge in [-0.05, 0) is 37.3 Å². The van der Waals surface area contributed by atoms with Crippen LogP contribution in [-0.2, 0) is 21.0 Å². The van der Waals surface area contributed by atoms with Crippen molar-refractivity contribution in [3.05, 3.63) is 89.5 Å². The van der Waals surface area contributed by atoms with Crippen molar-refractivity contribution in [2.45, 2.75) is 18.0 Å². The molecule has 0 bridgehead atoms. The van der Waals surface area contributed by atoms with Gasteiger partial charge >= 0.3 is 6.18 Å². The smallest absolute Gasteiger partial charge is 0.417 e. The van der Waals surface area contributed by atoms with Crippen molar-refractivity contribution in [1.29, 1.82) is 0 Å². The number of hydrazone groups is 1. The molecular weight excluding hydrogens is 483 g/mol. The lowest BCUT2D eigenvalue weighted by atomic mass is 10.1. The molecule has 1 amide bonds. The Morgan fingerprint density at radius 1 is 1.03 bits per heavy atom. The van der Waals surface area contributed by atoms with Crippen LogP contribution in [0.1, 0.15) is 16.7 Å². The van der Waals surface area contributed by atoms with Crippen LogP contribution in [0.2, 0.25) is 0 Å². The number of carbonyl (C=O) groups excluding carboxylic acids is 1. The predicted molar refractivity (Wildman–Crippen MR) is 126 cm³/mol. The molecule has 3 aromatic rings. The number of hydrogen-bond acceptors (Lipinski definition) is 5. The molecule has 1 N–H and O–H groups in total. The average Bonchev–Trinajstić information content (AvgIpc) is 2.82. The topological polar surface area (TPSA) is 88.1 Å². The molecule has 11 heteroatoms. The molecule has 0 heterocycles. The van der Waals surface area contributed by atoms with Crippen molar-refractivity contribution >= 4 is 27.8 Å². The van der Waals surface area contributed by atoms with Gasteiger partial charge < -0.3 is 4.74 Å². The third kappa shape index (κ3) is 6.18. The maximum Gasteiger partial charge on any atom is 0.417 e. The summed E-state index contributed by atoms with van der Waals surface area (Å²) in [6.07, 6.45) is -3.75. The number of nitrogens with one attached hydrogen (secondary N) is 1. The molecule has 3 aromatic carbocycles. The Morgan fingerprint density at radius 3 is 2.31 bits per heavy atom. The van der Waals surface area contributed by atoms with Crippen molar-refractivity contribution in [1.82, 2.24) is 5.43 Å². The van der Waals surface area contributed by atoms with Crippen molar-refractivity contribution in [2.75, 3.05) is 18.0 Å². The Labute approximate surface area is 200 Å². The number of methoxy groups -OCH3 is 1. The molecule has 0 aliphatic rings. The van der Waals surface area contributed by atoms with E-state index in [0.717, 1.165) is 22.1 Å². The van der Waals surface area contributed by atoms with Gasteiger partial charge in [-0.15, -0.1) is 0 Å². The van der Waals surface area contributed by atoms with Gasteiger partial charge in [0.15, 0.2) is 0 Å². The number of amides is 1. The molecule has 0 aromatic heterocycles. The molecule has 184 valence electrons. The molecule has 0 aliphatic carbocycles. The Morgan fingerprint density at radius 2 is 1.66 bits per heavy atom. The molecule has 0 radical (unpaired) electrons. The van der Waals surface area contributed by atoms with Gasteiger partial charge in [-0.2, -0.15) is 18.3 Å². The molecule has 35 heavy (non-hydrogen) atoms. The summed E-state index contributed by atoms with van der Waals surface area (Å²) in [7, 11) is -2.85. The first-order valence-corrected chi connectivity index (χ1v) is 11.7. The Kier molecular flexibility index (Phi) is 7.80. The molecule has 0 unspecified atom stereocenters. The van der Waals surface area contributed by atoms with Crippen LogP contribution >= 0.6 is 0 Å². The summed E-state index contributed by atoms with van der Waals surface area (Å²) in [5.41, 5.74) is 1.88. The van der Waals surface area contributed by atoms with Crippen LogP contribution in [0, 0.1) is 6.92 Å². The molecule has 0 atom stereocenters. The SMILES string of the molecule is COc1ccccc1N(CC(=O)N/N=C\c1ccccc1C(F)(F)F)S(=O)(=O)c1ccc(C)cc1. The minimum absolute atomic E-state index is 0.0515. The van der Waals surface area contributed by atoms with Gasteiger partial charge in [-0.1, -0.05) is 48.0 Å². The summed E-state index contributed by atoms with van der Waals surface area (Å²) in [6.45, 7) is 1.10. The number of para-hydroxylation sites is 2. The molecule has 7 nitrogen and oxygen atoms in total. The lowest BCUT2D eigenvalue weighted by Gasteiger charge is -2.25. The second kappa shape index (κ2) is 10.6. The fourth-order valence-electron chi connectivity index (χ4n) is 3.18. The monoisotopic (exact) mass is 505 g/mol. The highest BCUT2D eigenvalue weighted by Gasteiger charge is 2.32. The van der Waals surface area contributed by atoms with Crippen LogP contribution in [-0.4, -0.2) is 34.2 Å². The number of halogens is 3. The molecule has 3 rings (SSSR count). The number of alkyl halides is 3. The fraction of sp³-hybridized carbons (Fsp3) is 0.167. The van der Waals surface area contributed by atoms with E-state index < -0.39 is 34.2 Å². The first-order chi connectivity index (χ1) is 16.5. The van der Waals surface area contributed by atoms with Gasteiger partial charge in [0.2, 0.25) is 0 Å². The fourth-order valence-corrected chi connectivity index (χ4v) is 4.61. The minimum atomic E-state index is -4.60. The largest absolute Gasteiger partial charge is 0.495 e. The van der Waals surface area contributed by atoms with Crippen molar-refractivity contribution in [3.8, 4) is 5.75 Å². The second-order valence-electron chi connectivity index (χ2n) is 7.37. The lowest BCUT2D eigenvalue weighted by Crippen LogP contribution is -2.39. The summed E-state index contributed by atoms with van der Waals surface area (Å²) in [6, 6.07) is 17.0. The van der Waals surface area contributed by atoms with Gasteiger partial charge in [-0.3, -0.25) is 9.10 Å². The van der Waals surface area contributed by atoms with Crippen molar-refractivity contribution < 1.29 is 31.1 Å². The zero-order valence-corrected chi connectivity index (χ0v) is 19.6.